The SMILES string of the molecule is CC(C)(C#N)c1c[c]cc(OC(F)(F)F)c1. The number of hydrogen-bond donors (Lipinski definition) is 0. The molecule has 16 heavy (non-hydrogen) atoms. The summed E-state index contributed by atoms with van der Waals surface area (Å²) >= 11 is 0. The maximum absolute atomic E-state index is 12.0. The smallest absolute Gasteiger partial charge is 0.406 e. The average molecular weight is 228 g/mol. The Bertz CT molecular complexity index is 418. The molecule has 0 N–H and O–H groups in total. The minimum Gasteiger partial charge on any atom is -0.406 e. The number of hydrogen-bond acceptors (Lipinski definition) is 2. The number of benzene rings is 1. The molecule has 2 nitrogen and oxygen atoms in total. The van der Waals surface area contributed by atoms with Crippen molar-refractivity contribution in [2.24, 2.45) is 0 Å². The molecule has 5 heteroatoms. The standard InChI is InChI=1S/C11H9F3NO/c1-10(2,7-15)8-4-3-5-9(6-8)16-11(12,13)14/h4-6H,1-2H3. The van der Waals surface area contributed by atoms with Gasteiger partial charge in [0.15, 0.2) is 0 Å². The first-order valence-corrected chi connectivity index (χ1v) is 4.43. The van der Waals surface area contributed by atoms with Gasteiger partial charge >= 0.3 is 6.36 Å². The highest BCUT2D eigenvalue weighted by Crippen LogP contribution is 2.28. The molecule has 0 heterocycles. The summed E-state index contributed by atoms with van der Waals surface area (Å²) in [5.74, 6) is -0.367. The van der Waals surface area contributed by atoms with E-state index in [2.05, 4.69) is 10.8 Å². The number of nitriles is 1. The molecule has 0 aromatic heterocycles. The number of nitrogens with zero attached hydrogens (tertiary/aromatic N) is 1. The Morgan fingerprint density at radius 2 is 1.94 bits per heavy atom. The van der Waals surface area contributed by atoms with Crippen LogP contribution >= 0.6 is 0 Å². The highest BCUT2D eigenvalue weighted by atomic mass is 19.4. The highest BCUT2D eigenvalue weighted by Gasteiger charge is 2.31. The average Bonchev–Trinajstić information content (AvgIpc) is 2.15. The van der Waals surface area contributed by atoms with E-state index in [0.717, 1.165) is 6.07 Å². The molecule has 0 saturated heterocycles. The van der Waals surface area contributed by atoms with Gasteiger partial charge in [-0.05, 0) is 43.7 Å². The Labute approximate surface area is 91.3 Å². The molecule has 0 amide bonds. The highest BCUT2D eigenvalue weighted by molar-refractivity contribution is 5.36. The van der Waals surface area contributed by atoms with E-state index in [-0.39, 0.29) is 5.75 Å². The zero-order valence-electron chi connectivity index (χ0n) is 8.72. The van der Waals surface area contributed by atoms with Gasteiger partial charge in [-0.2, -0.15) is 5.26 Å². The molecule has 1 aromatic carbocycles. The van der Waals surface area contributed by atoms with Gasteiger partial charge in [0.05, 0.1) is 11.5 Å². The van der Waals surface area contributed by atoms with Gasteiger partial charge in [-0.15, -0.1) is 13.2 Å². The lowest BCUT2D eigenvalue weighted by Crippen LogP contribution is -2.18. The van der Waals surface area contributed by atoms with Crippen LogP contribution in [-0.2, 0) is 5.41 Å². The summed E-state index contributed by atoms with van der Waals surface area (Å²) in [6.07, 6.45) is -4.73. The van der Waals surface area contributed by atoms with Gasteiger partial charge in [-0.3, -0.25) is 0 Å². The molecule has 0 atom stereocenters. The summed E-state index contributed by atoms with van der Waals surface area (Å²) in [5, 5.41) is 8.84. The summed E-state index contributed by atoms with van der Waals surface area (Å²) in [7, 11) is 0. The van der Waals surface area contributed by atoms with Gasteiger partial charge in [0.25, 0.3) is 0 Å². The Balaban J connectivity index is 3.02. The molecular weight excluding hydrogens is 219 g/mol. The molecule has 0 spiro atoms. The molecule has 0 fully saturated rings. The Morgan fingerprint density at radius 1 is 1.31 bits per heavy atom. The van der Waals surface area contributed by atoms with Gasteiger partial charge in [-0.25, -0.2) is 0 Å². The maximum Gasteiger partial charge on any atom is 0.573 e. The van der Waals surface area contributed by atoms with Crippen LogP contribution in [0.25, 0.3) is 0 Å². The Kier molecular flexibility index (Phi) is 3.13. The number of ether oxygens (including phenoxy) is 1. The van der Waals surface area contributed by atoms with Gasteiger partial charge in [0.2, 0.25) is 0 Å². The van der Waals surface area contributed by atoms with Crippen LogP contribution in [0.15, 0.2) is 18.2 Å². The van der Waals surface area contributed by atoms with E-state index in [9.17, 15) is 13.2 Å². The number of rotatable bonds is 2. The van der Waals surface area contributed by atoms with Crippen LogP contribution in [0.4, 0.5) is 13.2 Å². The lowest BCUT2D eigenvalue weighted by Gasteiger charge is -2.17. The van der Waals surface area contributed by atoms with Crippen molar-refractivity contribution in [1.82, 2.24) is 0 Å². The fourth-order valence-corrected chi connectivity index (χ4v) is 1.07. The first-order valence-electron chi connectivity index (χ1n) is 4.43. The minimum atomic E-state index is -4.73. The summed E-state index contributed by atoms with van der Waals surface area (Å²) in [5.41, 5.74) is -0.446. The van der Waals surface area contributed by atoms with Crippen molar-refractivity contribution in [2.45, 2.75) is 25.6 Å². The van der Waals surface area contributed by atoms with Crippen LogP contribution in [0.1, 0.15) is 19.4 Å². The first-order chi connectivity index (χ1) is 7.24. The molecule has 0 saturated carbocycles. The van der Waals surface area contributed by atoms with Crippen molar-refractivity contribution in [1.29, 1.82) is 5.26 Å². The zero-order chi connectivity index (χ0) is 12.4. The number of alkyl halides is 3. The van der Waals surface area contributed by atoms with Crippen molar-refractivity contribution in [3.05, 3.63) is 29.8 Å². The number of halogens is 3. The van der Waals surface area contributed by atoms with Crippen molar-refractivity contribution in [3.63, 3.8) is 0 Å². The van der Waals surface area contributed by atoms with E-state index < -0.39 is 11.8 Å². The fraction of sp³-hybridized carbons (Fsp3) is 0.364. The van der Waals surface area contributed by atoms with Crippen molar-refractivity contribution in [2.75, 3.05) is 0 Å². The lowest BCUT2D eigenvalue weighted by molar-refractivity contribution is -0.274. The van der Waals surface area contributed by atoms with Crippen LogP contribution in [0.2, 0.25) is 0 Å². The normalized spacial score (nSPS) is 12.0. The van der Waals surface area contributed by atoms with Crippen LogP contribution < -0.4 is 4.74 Å². The van der Waals surface area contributed by atoms with E-state index in [1.54, 1.807) is 13.8 Å². The molecule has 0 aliphatic rings. The second-order valence-corrected chi connectivity index (χ2v) is 3.74. The van der Waals surface area contributed by atoms with Crippen molar-refractivity contribution < 1.29 is 17.9 Å². The molecule has 0 aliphatic heterocycles. The molecular formula is C11H9F3NO. The lowest BCUT2D eigenvalue weighted by atomic mass is 9.86. The van der Waals surface area contributed by atoms with Crippen LogP contribution in [0, 0.1) is 17.4 Å². The van der Waals surface area contributed by atoms with E-state index in [1.165, 1.54) is 12.1 Å². The summed E-state index contributed by atoms with van der Waals surface area (Å²) in [6.45, 7) is 3.21. The van der Waals surface area contributed by atoms with Crippen molar-refractivity contribution >= 4 is 0 Å². The predicted molar refractivity (Wildman–Crippen MR) is 50.6 cm³/mol. The third-order valence-corrected chi connectivity index (χ3v) is 2.00. The first kappa shape index (κ1) is 12.4. The Morgan fingerprint density at radius 3 is 2.44 bits per heavy atom. The zero-order valence-corrected chi connectivity index (χ0v) is 8.72. The maximum atomic E-state index is 12.0. The van der Waals surface area contributed by atoms with Crippen molar-refractivity contribution in [3.8, 4) is 11.8 Å². The second kappa shape index (κ2) is 4.05. The molecule has 1 aromatic rings. The third-order valence-electron chi connectivity index (χ3n) is 2.00. The summed E-state index contributed by atoms with van der Waals surface area (Å²) in [6, 6.07) is 8.23. The molecule has 0 unspecified atom stereocenters. The Hall–Kier alpha value is -1.70. The fourth-order valence-electron chi connectivity index (χ4n) is 1.07. The van der Waals surface area contributed by atoms with Gasteiger partial charge in [-0.1, -0.05) is 0 Å². The molecule has 1 radical (unpaired) electrons. The molecule has 85 valence electrons. The third kappa shape index (κ3) is 3.16. The predicted octanol–water partition coefficient (Wildman–Crippen LogP) is 3.19. The quantitative estimate of drug-likeness (QED) is 0.778. The van der Waals surface area contributed by atoms with E-state index in [0.29, 0.717) is 5.56 Å². The largest absolute Gasteiger partial charge is 0.573 e. The topological polar surface area (TPSA) is 33.0 Å². The monoisotopic (exact) mass is 228 g/mol. The second-order valence-electron chi connectivity index (χ2n) is 3.74. The van der Waals surface area contributed by atoms with E-state index in [1.807, 2.05) is 6.07 Å². The van der Waals surface area contributed by atoms with Crippen LogP contribution in [-0.4, -0.2) is 6.36 Å². The minimum absolute atomic E-state index is 0.367. The molecule has 0 bridgehead atoms. The van der Waals surface area contributed by atoms with Gasteiger partial charge < -0.3 is 4.74 Å². The van der Waals surface area contributed by atoms with Crippen LogP contribution in [0.5, 0.6) is 5.75 Å². The van der Waals surface area contributed by atoms with E-state index >= 15 is 0 Å². The molecule has 0 aliphatic carbocycles. The van der Waals surface area contributed by atoms with E-state index in [4.69, 9.17) is 5.26 Å². The summed E-state index contributed by atoms with van der Waals surface area (Å²) in [4.78, 5) is 0. The molecule has 1 rings (SSSR count). The van der Waals surface area contributed by atoms with Crippen LogP contribution in [0.3, 0.4) is 0 Å². The van der Waals surface area contributed by atoms with Gasteiger partial charge in [0, 0.05) is 0 Å². The summed E-state index contributed by atoms with van der Waals surface area (Å²) < 4.78 is 39.6. The van der Waals surface area contributed by atoms with Gasteiger partial charge in [0.1, 0.15) is 5.75 Å².